The average Bonchev–Trinajstić information content (AvgIpc) is 2.78. The Morgan fingerprint density at radius 1 is 1.23 bits per heavy atom. The van der Waals surface area contributed by atoms with E-state index in [1.165, 1.54) is 6.20 Å². The number of carbonyl (C=O) groups is 2. The molecule has 1 aliphatic heterocycles. The lowest BCUT2D eigenvalue weighted by Crippen LogP contribution is -2.41. The van der Waals surface area contributed by atoms with E-state index < -0.39 is 0 Å². The van der Waals surface area contributed by atoms with Gasteiger partial charge in [0.2, 0.25) is 0 Å². The van der Waals surface area contributed by atoms with Gasteiger partial charge in [-0.15, -0.1) is 0 Å². The summed E-state index contributed by atoms with van der Waals surface area (Å²) < 4.78 is 15.6. The number of benzene rings is 1. The van der Waals surface area contributed by atoms with E-state index in [9.17, 15) is 14.9 Å². The van der Waals surface area contributed by atoms with Crippen LogP contribution in [0.15, 0.2) is 30.0 Å². The second-order valence-corrected chi connectivity index (χ2v) is 6.88. The number of ether oxygens (including phenoxy) is 3. The average molecular weight is 415 g/mol. The van der Waals surface area contributed by atoms with Gasteiger partial charge in [-0.1, -0.05) is 6.07 Å². The standard InChI is InChI=1S/C22H29N3O5/c1-4-30-22(27)17-8-11-25(12-9-17)21(26)18(14-23)15-24-10-7-16-5-6-19(28-2)20(13-16)29-3/h5-6,13,15,17,24H,4,7-12H2,1-3H3/b18-15-. The van der Waals surface area contributed by atoms with Crippen molar-refractivity contribution in [3.8, 4) is 17.6 Å². The van der Waals surface area contributed by atoms with Gasteiger partial charge in [0, 0.05) is 25.8 Å². The van der Waals surface area contributed by atoms with Gasteiger partial charge >= 0.3 is 5.97 Å². The number of rotatable bonds is 9. The van der Waals surface area contributed by atoms with Gasteiger partial charge in [0.1, 0.15) is 11.6 Å². The van der Waals surface area contributed by atoms with Gasteiger partial charge in [0.05, 0.1) is 26.7 Å². The molecule has 0 radical (unpaired) electrons. The van der Waals surface area contributed by atoms with E-state index in [0.717, 1.165) is 5.56 Å². The Labute approximate surface area is 177 Å². The Hall–Kier alpha value is -3.21. The van der Waals surface area contributed by atoms with Crippen molar-refractivity contribution in [2.45, 2.75) is 26.2 Å². The van der Waals surface area contributed by atoms with E-state index in [1.54, 1.807) is 26.0 Å². The van der Waals surface area contributed by atoms with Gasteiger partial charge in [0.15, 0.2) is 11.5 Å². The van der Waals surface area contributed by atoms with Crippen LogP contribution in [-0.2, 0) is 20.7 Å². The van der Waals surface area contributed by atoms with Crippen molar-refractivity contribution in [2.75, 3.05) is 40.5 Å². The molecule has 30 heavy (non-hydrogen) atoms. The highest BCUT2D eigenvalue weighted by Crippen LogP contribution is 2.27. The number of hydrogen-bond donors (Lipinski definition) is 1. The molecule has 0 aliphatic carbocycles. The van der Waals surface area contributed by atoms with Gasteiger partial charge in [-0.05, 0) is 43.9 Å². The van der Waals surface area contributed by atoms with Crippen molar-refractivity contribution in [3.63, 3.8) is 0 Å². The molecule has 162 valence electrons. The van der Waals surface area contributed by atoms with E-state index in [4.69, 9.17) is 14.2 Å². The van der Waals surface area contributed by atoms with Crippen LogP contribution in [0.25, 0.3) is 0 Å². The van der Waals surface area contributed by atoms with Crippen molar-refractivity contribution < 1.29 is 23.8 Å². The van der Waals surface area contributed by atoms with Gasteiger partial charge < -0.3 is 24.4 Å². The van der Waals surface area contributed by atoms with Crippen LogP contribution in [-0.4, -0.2) is 57.2 Å². The predicted molar refractivity (Wildman–Crippen MR) is 111 cm³/mol. The number of nitrogens with one attached hydrogen (secondary N) is 1. The zero-order valence-corrected chi connectivity index (χ0v) is 17.8. The molecule has 0 aromatic heterocycles. The van der Waals surface area contributed by atoms with Crippen molar-refractivity contribution >= 4 is 11.9 Å². The summed E-state index contributed by atoms with van der Waals surface area (Å²) >= 11 is 0. The summed E-state index contributed by atoms with van der Waals surface area (Å²) in [4.78, 5) is 26.0. The first-order valence-corrected chi connectivity index (χ1v) is 10.0. The van der Waals surface area contributed by atoms with E-state index >= 15 is 0 Å². The first-order chi connectivity index (χ1) is 14.5. The number of likely N-dealkylation sites (tertiary alicyclic amines) is 1. The Morgan fingerprint density at radius 3 is 2.53 bits per heavy atom. The maximum Gasteiger partial charge on any atom is 0.309 e. The lowest BCUT2D eigenvalue weighted by Gasteiger charge is -2.30. The molecule has 1 aromatic carbocycles. The summed E-state index contributed by atoms with van der Waals surface area (Å²) in [5.74, 6) is 0.613. The number of amides is 1. The largest absolute Gasteiger partial charge is 0.493 e. The van der Waals surface area contributed by atoms with E-state index in [-0.39, 0.29) is 23.4 Å². The molecular formula is C22H29N3O5. The molecule has 8 nitrogen and oxygen atoms in total. The molecule has 0 atom stereocenters. The number of methoxy groups -OCH3 is 2. The lowest BCUT2D eigenvalue weighted by molar-refractivity contribution is -0.150. The number of carbonyl (C=O) groups excluding carboxylic acids is 2. The second kappa shape index (κ2) is 11.7. The Balaban J connectivity index is 1.85. The third-order valence-electron chi connectivity index (χ3n) is 5.01. The maximum absolute atomic E-state index is 12.6. The third kappa shape index (κ3) is 6.14. The summed E-state index contributed by atoms with van der Waals surface area (Å²) in [5.41, 5.74) is 1.09. The van der Waals surface area contributed by atoms with Gasteiger partial charge in [-0.2, -0.15) is 5.26 Å². The first kappa shape index (κ1) is 23.1. The van der Waals surface area contributed by atoms with Crippen LogP contribution < -0.4 is 14.8 Å². The van der Waals surface area contributed by atoms with Gasteiger partial charge in [-0.3, -0.25) is 9.59 Å². The summed E-state index contributed by atoms with van der Waals surface area (Å²) in [6.07, 6.45) is 3.25. The quantitative estimate of drug-likeness (QED) is 0.285. The van der Waals surface area contributed by atoms with Crippen LogP contribution in [0.4, 0.5) is 0 Å². The van der Waals surface area contributed by atoms with E-state index in [2.05, 4.69) is 5.32 Å². The number of esters is 1. The molecular weight excluding hydrogens is 386 g/mol. The summed E-state index contributed by atoms with van der Waals surface area (Å²) in [6, 6.07) is 7.64. The minimum Gasteiger partial charge on any atom is -0.493 e. The summed E-state index contributed by atoms with van der Waals surface area (Å²) in [5, 5.41) is 12.4. The first-order valence-electron chi connectivity index (χ1n) is 10.0. The fraction of sp³-hybridized carbons (Fsp3) is 0.500. The number of nitriles is 1. The zero-order chi connectivity index (χ0) is 21.9. The SMILES string of the molecule is CCOC(=O)C1CCN(C(=O)/C(C#N)=C\NCCc2ccc(OC)c(OC)c2)CC1. The highest BCUT2D eigenvalue weighted by molar-refractivity contribution is 5.97. The molecule has 0 saturated carbocycles. The molecule has 1 aromatic rings. The number of piperidine rings is 1. The van der Waals surface area contributed by atoms with Crippen LogP contribution in [0, 0.1) is 17.2 Å². The minimum absolute atomic E-state index is 0.0527. The molecule has 1 amide bonds. The highest BCUT2D eigenvalue weighted by atomic mass is 16.5. The molecule has 0 bridgehead atoms. The normalized spacial score (nSPS) is 14.6. The summed E-state index contributed by atoms with van der Waals surface area (Å²) in [6.45, 7) is 3.56. The zero-order valence-electron chi connectivity index (χ0n) is 17.8. The van der Waals surface area contributed by atoms with Crippen molar-refractivity contribution in [1.29, 1.82) is 5.26 Å². The summed E-state index contributed by atoms with van der Waals surface area (Å²) in [7, 11) is 3.17. The molecule has 8 heteroatoms. The van der Waals surface area contributed by atoms with Crippen molar-refractivity contribution in [3.05, 3.63) is 35.5 Å². The second-order valence-electron chi connectivity index (χ2n) is 6.88. The van der Waals surface area contributed by atoms with Gasteiger partial charge in [-0.25, -0.2) is 0 Å². The van der Waals surface area contributed by atoms with E-state index in [0.29, 0.717) is 57.0 Å². The lowest BCUT2D eigenvalue weighted by atomic mass is 9.96. The Morgan fingerprint density at radius 2 is 1.93 bits per heavy atom. The maximum atomic E-state index is 12.6. The molecule has 1 saturated heterocycles. The predicted octanol–water partition coefficient (Wildman–Crippen LogP) is 2.05. The monoisotopic (exact) mass is 415 g/mol. The fourth-order valence-corrected chi connectivity index (χ4v) is 3.32. The molecule has 0 spiro atoms. The smallest absolute Gasteiger partial charge is 0.309 e. The molecule has 1 fully saturated rings. The van der Waals surface area contributed by atoms with Crippen LogP contribution in [0.1, 0.15) is 25.3 Å². The third-order valence-corrected chi connectivity index (χ3v) is 5.01. The Kier molecular flexibility index (Phi) is 9.01. The van der Waals surface area contributed by atoms with Gasteiger partial charge in [0.25, 0.3) is 5.91 Å². The molecule has 1 N–H and O–H groups in total. The molecule has 1 heterocycles. The van der Waals surface area contributed by atoms with Crippen LogP contribution in [0.5, 0.6) is 11.5 Å². The fourth-order valence-electron chi connectivity index (χ4n) is 3.32. The van der Waals surface area contributed by atoms with Crippen molar-refractivity contribution in [1.82, 2.24) is 10.2 Å². The van der Waals surface area contributed by atoms with Crippen LogP contribution >= 0.6 is 0 Å². The Bertz CT molecular complexity index is 807. The van der Waals surface area contributed by atoms with Crippen molar-refractivity contribution in [2.24, 2.45) is 5.92 Å². The number of hydrogen-bond acceptors (Lipinski definition) is 7. The topological polar surface area (TPSA) is 101 Å². The molecule has 0 unspecified atom stereocenters. The molecule has 1 aliphatic rings. The number of nitrogens with zero attached hydrogens (tertiary/aromatic N) is 2. The molecule has 2 rings (SSSR count). The van der Waals surface area contributed by atoms with E-state index in [1.807, 2.05) is 24.3 Å². The van der Waals surface area contributed by atoms with Crippen LogP contribution in [0.3, 0.4) is 0 Å². The minimum atomic E-state index is -0.321. The highest BCUT2D eigenvalue weighted by Gasteiger charge is 2.29. The van der Waals surface area contributed by atoms with Crippen LogP contribution in [0.2, 0.25) is 0 Å².